The molecule has 172 valence electrons. The molecule has 0 unspecified atom stereocenters. The van der Waals surface area contributed by atoms with Crippen LogP contribution in [-0.2, 0) is 9.84 Å². The summed E-state index contributed by atoms with van der Waals surface area (Å²) < 4.78 is 25.1. The van der Waals surface area contributed by atoms with Gasteiger partial charge < -0.3 is 15.4 Å². The maximum atomic E-state index is 13.0. The molecule has 1 atom stereocenters. The van der Waals surface area contributed by atoms with Gasteiger partial charge in [-0.25, -0.2) is 13.4 Å². The second kappa shape index (κ2) is 8.61. The summed E-state index contributed by atoms with van der Waals surface area (Å²) in [6.07, 6.45) is 1.10. The van der Waals surface area contributed by atoms with E-state index < -0.39 is 15.9 Å². The van der Waals surface area contributed by atoms with E-state index in [-0.39, 0.29) is 23.1 Å². The summed E-state index contributed by atoms with van der Waals surface area (Å²) in [5.74, 6) is -0.306. The molecule has 7 nitrogen and oxygen atoms in total. The van der Waals surface area contributed by atoms with Gasteiger partial charge in [0.2, 0.25) is 0 Å². The number of hydrogen-bond donors (Lipinski definition) is 3. The molecule has 2 aromatic heterocycles. The molecule has 1 amide bonds. The number of aliphatic hydroxyl groups is 1. The number of aliphatic hydroxyl groups excluding tert-OH is 1. The number of nitrogens with one attached hydrogen (secondary N) is 2. The van der Waals surface area contributed by atoms with Crippen LogP contribution in [0.15, 0.2) is 47.5 Å². The minimum atomic E-state index is -3.40. The standard InChI is InChI=1S/C25H27N3O4S/c1-5-33(31,32)18-8-6-7-17(10-18)20-11-19(25(30)27-13-15(3)29)16(4)23-22(20)21-9-14(2)12-26-24(21)28-23/h6-12,15,29H,5,13H2,1-4H3,(H,26,28)(H,27,30)/t15-/m0/s1. The Morgan fingerprint density at radius 1 is 1.21 bits per heavy atom. The second-order valence-electron chi connectivity index (χ2n) is 8.37. The topological polar surface area (TPSA) is 112 Å². The normalized spacial score (nSPS) is 12.9. The van der Waals surface area contributed by atoms with Crippen molar-refractivity contribution in [1.82, 2.24) is 15.3 Å². The van der Waals surface area contributed by atoms with Gasteiger partial charge >= 0.3 is 0 Å². The van der Waals surface area contributed by atoms with Crippen molar-refractivity contribution >= 4 is 37.7 Å². The summed E-state index contributed by atoms with van der Waals surface area (Å²) in [6, 6.07) is 10.6. The number of aryl methyl sites for hydroxylation is 2. The van der Waals surface area contributed by atoms with Crippen LogP contribution in [-0.4, -0.2) is 47.8 Å². The lowest BCUT2D eigenvalue weighted by atomic mass is 9.93. The molecular formula is C25H27N3O4S. The monoisotopic (exact) mass is 465 g/mol. The van der Waals surface area contributed by atoms with Crippen LogP contribution in [0, 0.1) is 13.8 Å². The molecule has 3 N–H and O–H groups in total. The SMILES string of the molecule is CCS(=O)(=O)c1cccc(-c2cc(C(=O)NC[C@H](C)O)c(C)c3[nH]c4ncc(C)cc4c23)c1. The van der Waals surface area contributed by atoms with E-state index in [1.165, 1.54) is 0 Å². The Hall–Kier alpha value is -3.23. The summed E-state index contributed by atoms with van der Waals surface area (Å²) in [5.41, 5.74) is 5.10. The third kappa shape index (κ3) is 4.24. The largest absolute Gasteiger partial charge is 0.392 e. The number of sulfone groups is 1. The van der Waals surface area contributed by atoms with Gasteiger partial charge in [-0.15, -0.1) is 0 Å². The lowest BCUT2D eigenvalue weighted by Gasteiger charge is -2.14. The van der Waals surface area contributed by atoms with E-state index in [0.29, 0.717) is 16.8 Å². The zero-order valence-electron chi connectivity index (χ0n) is 19.1. The predicted octanol–water partition coefficient (Wildman–Crippen LogP) is 3.90. The van der Waals surface area contributed by atoms with Crippen molar-refractivity contribution in [3.8, 4) is 11.1 Å². The van der Waals surface area contributed by atoms with Crippen molar-refractivity contribution < 1.29 is 18.3 Å². The van der Waals surface area contributed by atoms with Crippen molar-refractivity contribution in [1.29, 1.82) is 0 Å². The maximum Gasteiger partial charge on any atom is 0.251 e. The van der Waals surface area contributed by atoms with Crippen LogP contribution in [0.1, 0.15) is 35.3 Å². The van der Waals surface area contributed by atoms with Gasteiger partial charge in [0, 0.05) is 29.1 Å². The van der Waals surface area contributed by atoms with E-state index >= 15 is 0 Å². The fourth-order valence-electron chi connectivity index (χ4n) is 4.02. The van der Waals surface area contributed by atoms with E-state index in [1.807, 2.05) is 26.0 Å². The molecule has 0 aliphatic rings. The maximum absolute atomic E-state index is 13.0. The zero-order chi connectivity index (χ0) is 23.9. The average molecular weight is 466 g/mol. The summed E-state index contributed by atoms with van der Waals surface area (Å²) in [5, 5.41) is 14.1. The number of aromatic nitrogens is 2. The fourth-order valence-corrected chi connectivity index (χ4v) is 4.94. The van der Waals surface area contributed by atoms with E-state index in [0.717, 1.165) is 33.0 Å². The number of nitrogens with zero attached hydrogens (tertiary/aromatic N) is 1. The summed E-state index contributed by atoms with van der Waals surface area (Å²) in [6.45, 7) is 7.18. The van der Waals surface area contributed by atoms with Crippen molar-refractivity contribution in [2.45, 2.75) is 38.7 Å². The molecule has 2 aromatic carbocycles. The number of aromatic amines is 1. The Kier molecular flexibility index (Phi) is 5.99. The molecular weight excluding hydrogens is 438 g/mol. The number of pyridine rings is 1. The van der Waals surface area contributed by atoms with Gasteiger partial charge in [0.05, 0.1) is 22.3 Å². The molecule has 0 saturated carbocycles. The van der Waals surface area contributed by atoms with Crippen LogP contribution in [0.5, 0.6) is 0 Å². The highest BCUT2D eigenvalue weighted by Gasteiger charge is 2.21. The fraction of sp³-hybridized carbons (Fsp3) is 0.280. The molecule has 0 spiro atoms. The first-order valence-corrected chi connectivity index (χ1v) is 12.5. The summed E-state index contributed by atoms with van der Waals surface area (Å²) >= 11 is 0. The molecule has 0 radical (unpaired) electrons. The molecule has 4 rings (SSSR count). The molecule has 2 heterocycles. The number of fused-ring (bicyclic) bond motifs is 3. The number of hydrogen-bond acceptors (Lipinski definition) is 5. The van der Waals surface area contributed by atoms with Gasteiger partial charge in [0.1, 0.15) is 5.65 Å². The van der Waals surface area contributed by atoms with Crippen molar-refractivity contribution in [3.63, 3.8) is 0 Å². The Morgan fingerprint density at radius 2 is 1.97 bits per heavy atom. The highest BCUT2D eigenvalue weighted by molar-refractivity contribution is 7.91. The molecule has 4 aromatic rings. The number of amides is 1. The first kappa shape index (κ1) is 22.9. The molecule has 33 heavy (non-hydrogen) atoms. The van der Waals surface area contributed by atoms with E-state index in [4.69, 9.17) is 0 Å². The second-order valence-corrected chi connectivity index (χ2v) is 10.6. The molecule has 0 fully saturated rings. The van der Waals surface area contributed by atoms with Crippen LogP contribution in [0.3, 0.4) is 0 Å². The average Bonchev–Trinajstić information content (AvgIpc) is 3.17. The number of rotatable bonds is 6. The van der Waals surface area contributed by atoms with Crippen LogP contribution in [0.4, 0.5) is 0 Å². The Balaban J connectivity index is 2.04. The Bertz CT molecular complexity index is 1490. The van der Waals surface area contributed by atoms with Gasteiger partial charge in [-0.1, -0.05) is 19.1 Å². The van der Waals surface area contributed by atoms with Crippen molar-refractivity contribution in [2.75, 3.05) is 12.3 Å². The number of benzene rings is 2. The van der Waals surface area contributed by atoms with Crippen LogP contribution < -0.4 is 5.32 Å². The lowest BCUT2D eigenvalue weighted by Crippen LogP contribution is -2.31. The summed E-state index contributed by atoms with van der Waals surface area (Å²) in [4.78, 5) is 21.1. The summed E-state index contributed by atoms with van der Waals surface area (Å²) in [7, 11) is -3.40. The zero-order valence-corrected chi connectivity index (χ0v) is 19.9. The number of carbonyl (C=O) groups is 1. The van der Waals surface area contributed by atoms with Gasteiger partial charge in [0.25, 0.3) is 5.91 Å². The first-order chi connectivity index (χ1) is 15.6. The van der Waals surface area contributed by atoms with E-state index in [1.54, 1.807) is 44.3 Å². The predicted molar refractivity (Wildman–Crippen MR) is 130 cm³/mol. The number of H-pyrrole nitrogens is 1. The highest BCUT2D eigenvalue weighted by atomic mass is 32.2. The van der Waals surface area contributed by atoms with Crippen molar-refractivity contribution in [3.05, 3.63) is 59.3 Å². The van der Waals surface area contributed by atoms with Gasteiger partial charge in [-0.3, -0.25) is 4.79 Å². The van der Waals surface area contributed by atoms with Gasteiger partial charge in [-0.05, 0) is 67.3 Å². The third-order valence-electron chi connectivity index (χ3n) is 5.81. The van der Waals surface area contributed by atoms with Gasteiger partial charge in [0.15, 0.2) is 9.84 Å². The van der Waals surface area contributed by atoms with E-state index in [2.05, 4.69) is 15.3 Å². The highest BCUT2D eigenvalue weighted by Crippen LogP contribution is 2.38. The van der Waals surface area contributed by atoms with Crippen LogP contribution in [0.25, 0.3) is 33.1 Å². The Morgan fingerprint density at radius 3 is 2.67 bits per heavy atom. The van der Waals surface area contributed by atoms with Crippen molar-refractivity contribution in [2.24, 2.45) is 0 Å². The minimum Gasteiger partial charge on any atom is -0.392 e. The van der Waals surface area contributed by atoms with Crippen LogP contribution >= 0.6 is 0 Å². The Labute approximate surface area is 192 Å². The lowest BCUT2D eigenvalue weighted by molar-refractivity contribution is 0.0923. The smallest absolute Gasteiger partial charge is 0.251 e. The van der Waals surface area contributed by atoms with E-state index in [9.17, 15) is 18.3 Å². The quantitative estimate of drug-likeness (QED) is 0.400. The third-order valence-corrected chi connectivity index (χ3v) is 7.54. The molecule has 0 aliphatic carbocycles. The molecule has 8 heteroatoms. The van der Waals surface area contributed by atoms with Crippen LogP contribution in [0.2, 0.25) is 0 Å². The minimum absolute atomic E-state index is 0.00294. The molecule has 0 bridgehead atoms. The number of carbonyl (C=O) groups excluding carboxylic acids is 1. The first-order valence-electron chi connectivity index (χ1n) is 10.8. The van der Waals surface area contributed by atoms with Gasteiger partial charge in [-0.2, -0.15) is 0 Å². The molecule has 0 saturated heterocycles. The molecule has 0 aliphatic heterocycles.